The van der Waals surface area contributed by atoms with Crippen LogP contribution in [0.25, 0.3) is 11.4 Å². The Kier molecular flexibility index (Phi) is 2.85. The van der Waals surface area contributed by atoms with Crippen molar-refractivity contribution < 1.29 is 4.52 Å². The second-order valence-corrected chi connectivity index (χ2v) is 5.47. The van der Waals surface area contributed by atoms with Crippen molar-refractivity contribution in [3.05, 3.63) is 33.3 Å². The Bertz CT molecular complexity index is 670. The molecule has 0 unspecified atom stereocenters. The van der Waals surface area contributed by atoms with Crippen LogP contribution in [0.4, 0.5) is 5.13 Å². The molecule has 3 aromatic rings. The zero-order chi connectivity index (χ0) is 12.5. The zero-order valence-electron chi connectivity index (χ0n) is 9.58. The zero-order valence-corrected chi connectivity index (χ0v) is 11.2. The summed E-state index contributed by atoms with van der Waals surface area (Å²) in [5, 5.41) is 10.5. The molecule has 0 bridgehead atoms. The van der Waals surface area contributed by atoms with Gasteiger partial charge in [0.2, 0.25) is 11.7 Å². The van der Waals surface area contributed by atoms with Gasteiger partial charge in [0.25, 0.3) is 0 Å². The summed E-state index contributed by atoms with van der Waals surface area (Å²) in [6.07, 6.45) is 0.518. The van der Waals surface area contributed by atoms with Crippen LogP contribution in [0, 0.1) is 6.92 Å². The van der Waals surface area contributed by atoms with Crippen LogP contribution >= 0.6 is 22.7 Å². The maximum absolute atomic E-state index is 5.58. The fourth-order valence-corrected chi connectivity index (χ4v) is 2.97. The summed E-state index contributed by atoms with van der Waals surface area (Å²) < 4.78 is 5.22. The number of thiazole rings is 1. The molecule has 0 aliphatic rings. The van der Waals surface area contributed by atoms with Gasteiger partial charge in [-0.3, -0.25) is 0 Å². The summed E-state index contributed by atoms with van der Waals surface area (Å²) in [5.74, 6) is 1.19. The molecule has 3 rings (SSSR count). The highest BCUT2D eigenvalue weighted by atomic mass is 32.1. The van der Waals surface area contributed by atoms with Crippen LogP contribution in [0.1, 0.15) is 17.1 Å². The second kappa shape index (κ2) is 4.51. The molecule has 0 radical (unpaired) electrons. The van der Waals surface area contributed by atoms with Gasteiger partial charge >= 0.3 is 0 Å². The Hall–Kier alpha value is -1.73. The van der Waals surface area contributed by atoms with E-state index in [1.807, 2.05) is 17.7 Å². The van der Waals surface area contributed by atoms with Crippen LogP contribution in [0.5, 0.6) is 0 Å². The molecule has 0 aliphatic carbocycles. The third kappa shape index (κ3) is 2.14. The Labute approximate surface area is 111 Å². The number of aromatic nitrogens is 3. The molecule has 0 saturated heterocycles. The molecule has 0 amide bonds. The van der Waals surface area contributed by atoms with Crippen LogP contribution in [-0.2, 0) is 6.42 Å². The van der Waals surface area contributed by atoms with Crippen LogP contribution in [0.3, 0.4) is 0 Å². The molecular weight excluding hydrogens is 268 g/mol. The summed E-state index contributed by atoms with van der Waals surface area (Å²) >= 11 is 3.04. The summed E-state index contributed by atoms with van der Waals surface area (Å²) in [4.78, 5) is 8.54. The number of anilines is 1. The van der Waals surface area contributed by atoms with Crippen molar-refractivity contribution in [1.82, 2.24) is 15.1 Å². The highest BCUT2D eigenvalue weighted by molar-refractivity contribution is 7.13. The molecule has 0 atom stereocenters. The molecule has 5 nitrogen and oxygen atoms in total. The van der Waals surface area contributed by atoms with E-state index in [1.54, 1.807) is 11.3 Å². The van der Waals surface area contributed by atoms with Crippen molar-refractivity contribution in [2.45, 2.75) is 13.3 Å². The van der Waals surface area contributed by atoms with E-state index in [9.17, 15) is 0 Å². The second-order valence-electron chi connectivity index (χ2n) is 3.83. The molecule has 2 N–H and O–H groups in total. The van der Waals surface area contributed by atoms with Gasteiger partial charge in [0.1, 0.15) is 0 Å². The normalized spacial score (nSPS) is 10.9. The number of nitrogens with zero attached hydrogens (tertiary/aromatic N) is 3. The molecular formula is C11H10N4OS2. The highest BCUT2D eigenvalue weighted by Gasteiger charge is 2.12. The van der Waals surface area contributed by atoms with Gasteiger partial charge in [0.05, 0.1) is 12.1 Å². The summed E-state index contributed by atoms with van der Waals surface area (Å²) in [5.41, 5.74) is 8.61. The van der Waals surface area contributed by atoms with Gasteiger partial charge in [-0.05, 0) is 17.9 Å². The molecule has 0 spiro atoms. The molecule has 3 aromatic heterocycles. The first-order chi connectivity index (χ1) is 8.72. The van der Waals surface area contributed by atoms with Gasteiger partial charge in [0, 0.05) is 16.3 Å². The number of rotatable bonds is 3. The first-order valence-electron chi connectivity index (χ1n) is 5.28. The highest BCUT2D eigenvalue weighted by Crippen LogP contribution is 2.24. The maximum atomic E-state index is 5.58. The van der Waals surface area contributed by atoms with E-state index < -0.39 is 0 Å². The average molecular weight is 278 g/mol. The lowest BCUT2D eigenvalue weighted by molar-refractivity contribution is 0.385. The number of nitrogen functional groups attached to an aromatic ring is 1. The summed E-state index contributed by atoms with van der Waals surface area (Å²) in [6, 6.07) is 0. The lowest BCUT2D eigenvalue weighted by Gasteiger charge is -1.89. The van der Waals surface area contributed by atoms with Crippen molar-refractivity contribution in [2.75, 3.05) is 5.73 Å². The minimum atomic E-state index is 0.518. The molecule has 3 heterocycles. The van der Waals surface area contributed by atoms with Crippen LogP contribution in [0.2, 0.25) is 0 Å². The lowest BCUT2D eigenvalue weighted by Crippen LogP contribution is -1.90. The fraction of sp³-hybridized carbons (Fsp3) is 0.182. The topological polar surface area (TPSA) is 77.8 Å². The predicted octanol–water partition coefficient (Wildman–Crippen LogP) is 2.74. The number of nitrogens with two attached hydrogens (primary N) is 1. The lowest BCUT2D eigenvalue weighted by atomic mass is 10.2. The Morgan fingerprint density at radius 1 is 1.28 bits per heavy atom. The monoisotopic (exact) mass is 278 g/mol. The first-order valence-corrected chi connectivity index (χ1v) is 7.10. The van der Waals surface area contributed by atoms with Crippen LogP contribution in [-0.4, -0.2) is 15.1 Å². The Morgan fingerprint density at radius 3 is 2.83 bits per heavy atom. The third-order valence-electron chi connectivity index (χ3n) is 2.47. The fourth-order valence-electron chi connectivity index (χ4n) is 1.58. The predicted molar refractivity (Wildman–Crippen MR) is 71.7 cm³/mol. The molecule has 7 heteroatoms. The first kappa shape index (κ1) is 11.4. The van der Waals surface area contributed by atoms with Crippen molar-refractivity contribution in [3.63, 3.8) is 0 Å². The van der Waals surface area contributed by atoms with E-state index in [0.717, 1.165) is 16.8 Å². The van der Waals surface area contributed by atoms with Crippen molar-refractivity contribution in [3.8, 4) is 11.4 Å². The van der Waals surface area contributed by atoms with E-state index in [4.69, 9.17) is 10.3 Å². The van der Waals surface area contributed by atoms with Gasteiger partial charge < -0.3 is 10.3 Å². The molecule has 18 heavy (non-hydrogen) atoms. The average Bonchev–Trinajstić information content (AvgIpc) is 3.02. The van der Waals surface area contributed by atoms with E-state index in [2.05, 4.69) is 20.5 Å². The molecule has 92 valence electrons. The third-order valence-corrected chi connectivity index (χ3v) is 4.05. The van der Waals surface area contributed by atoms with Gasteiger partial charge in [-0.2, -0.15) is 16.3 Å². The molecule has 0 fully saturated rings. The van der Waals surface area contributed by atoms with Gasteiger partial charge in [-0.15, -0.1) is 11.3 Å². The summed E-state index contributed by atoms with van der Waals surface area (Å²) in [6.45, 7) is 2.03. The van der Waals surface area contributed by atoms with Crippen molar-refractivity contribution in [1.29, 1.82) is 0 Å². The van der Waals surface area contributed by atoms with Gasteiger partial charge in [-0.1, -0.05) is 5.16 Å². The van der Waals surface area contributed by atoms with Gasteiger partial charge in [0.15, 0.2) is 5.13 Å². The van der Waals surface area contributed by atoms with Crippen LogP contribution in [0.15, 0.2) is 20.7 Å². The minimum absolute atomic E-state index is 0.518. The smallest absolute Gasteiger partial charge is 0.233 e. The molecule has 0 saturated carbocycles. The van der Waals surface area contributed by atoms with E-state index in [-0.39, 0.29) is 0 Å². The van der Waals surface area contributed by atoms with E-state index >= 15 is 0 Å². The SMILES string of the molecule is Cc1cscc1-c1noc(Cc2csc(N)n2)n1. The Balaban J connectivity index is 1.84. The van der Waals surface area contributed by atoms with E-state index in [0.29, 0.717) is 23.3 Å². The number of hydrogen-bond acceptors (Lipinski definition) is 7. The minimum Gasteiger partial charge on any atom is -0.375 e. The number of thiophene rings is 1. The van der Waals surface area contributed by atoms with Crippen LogP contribution < -0.4 is 5.73 Å². The summed E-state index contributed by atoms with van der Waals surface area (Å²) in [7, 11) is 0. The van der Waals surface area contributed by atoms with Crippen molar-refractivity contribution >= 4 is 27.8 Å². The molecule has 0 aliphatic heterocycles. The van der Waals surface area contributed by atoms with E-state index in [1.165, 1.54) is 11.3 Å². The van der Waals surface area contributed by atoms with Gasteiger partial charge in [-0.25, -0.2) is 4.98 Å². The number of hydrogen-bond donors (Lipinski definition) is 1. The van der Waals surface area contributed by atoms with Crippen molar-refractivity contribution in [2.24, 2.45) is 0 Å². The number of aryl methyl sites for hydroxylation is 1. The largest absolute Gasteiger partial charge is 0.375 e. The standard InChI is InChI=1S/C11H10N4OS2/c1-6-3-17-5-8(6)10-14-9(16-15-10)2-7-4-18-11(12)13-7/h3-5H,2H2,1H3,(H2,12,13). The quantitative estimate of drug-likeness (QED) is 0.797. The Morgan fingerprint density at radius 2 is 2.17 bits per heavy atom. The maximum Gasteiger partial charge on any atom is 0.233 e. The molecule has 0 aromatic carbocycles.